The van der Waals surface area contributed by atoms with Crippen LogP contribution in [0.15, 0.2) is 28.7 Å². The first-order valence-electron chi connectivity index (χ1n) is 3.91. The van der Waals surface area contributed by atoms with Gasteiger partial charge in [-0.3, -0.25) is 0 Å². The molecule has 0 saturated carbocycles. The van der Waals surface area contributed by atoms with E-state index >= 15 is 0 Å². The summed E-state index contributed by atoms with van der Waals surface area (Å²) in [5.74, 6) is -0.284. The number of rotatable bonds is 2. The van der Waals surface area contributed by atoms with E-state index < -0.39 is 6.10 Å². The number of aliphatic hydroxyl groups excluding tert-OH is 1. The summed E-state index contributed by atoms with van der Waals surface area (Å²) >= 11 is 3.28. The van der Waals surface area contributed by atoms with Crippen molar-refractivity contribution in [2.75, 3.05) is 0 Å². The summed E-state index contributed by atoms with van der Waals surface area (Å²) in [6, 6.07) is 4.42. The topological polar surface area (TPSA) is 20.2 Å². The lowest BCUT2D eigenvalue weighted by molar-refractivity contribution is 0.245. The number of hydrogen-bond donors (Lipinski definition) is 1. The van der Waals surface area contributed by atoms with Gasteiger partial charge in [-0.05, 0) is 30.7 Å². The lowest BCUT2D eigenvalue weighted by Crippen LogP contribution is -1.91. The van der Waals surface area contributed by atoms with Gasteiger partial charge >= 0.3 is 0 Å². The Bertz CT molecular complexity index is 321. The van der Waals surface area contributed by atoms with E-state index in [9.17, 15) is 4.39 Å². The van der Waals surface area contributed by atoms with Gasteiger partial charge < -0.3 is 5.11 Å². The second-order valence-electron chi connectivity index (χ2n) is 2.77. The van der Waals surface area contributed by atoms with Crippen molar-refractivity contribution in [3.63, 3.8) is 0 Å². The van der Waals surface area contributed by atoms with Crippen molar-refractivity contribution >= 4 is 22.0 Å². The van der Waals surface area contributed by atoms with Crippen LogP contribution >= 0.6 is 15.9 Å². The van der Waals surface area contributed by atoms with Gasteiger partial charge in [-0.2, -0.15) is 0 Å². The first-order chi connectivity index (χ1) is 6.09. The van der Waals surface area contributed by atoms with Gasteiger partial charge in [-0.25, -0.2) is 4.39 Å². The predicted octanol–water partition coefficient (Wildman–Crippen LogP) is 2.98. The summed E-state index contributed by atoms with van der Waals surface area (Å²) in [5, 5.41) is 8.98. The van der Waals surface area contributed by atoms with Crippen LogP contribution in [0.3, 0.4) is 0 Å². The highest BCUT2D eigenvalue weighted by atomic mass is 79.9. The van der Waals surface area contributed by atoms with Crippen LogP contribution in [0.2, 0.25) is 0 Å². The first kappa shape index (κ1) is 10.4. The van der Waals surface area contributed by atoms with Gasteiger partial charge in [0, 0.05) is 4.47 Å². The van der Waals surface area contributed by atoms with Crippen LogP contribution in [0.5, 0.6) is 0 Å². The molecule has 70 valence electrons. The highest BCUT2D eigenvalue weighted by Crippen LogP contribution is 2.19. The fraction of sp³-hybridized carbons (Fsp3) is 0.200. The molecule has 1 N–H and O–H groups in total. The van der Waals surface area contributed by atoms with Crippen LogP contribution in [0.25, 0.3) is 6.08 Å². The Kier molecular flexibility index (Phi) is 3.63. The number of aliphatic hydroxyl groups is 1. The van der Waals surface area contributed by atoms with Crippen LogP contribution in [-0.4, -0.2) is 11.2 Å². The van der Waals surface area contributed by atoms with Crippen LogP contribution in [0.1, 0.15) is 12.5 Å². The molecule has 13 heavy (non-hydrogen) atoms. The minimum Gasteiger partial charge on any atom is -0.389 e. The smallest absolute Gasteiger partial charge is 0.123 e. The summed E-state index contributed by atoms with van der Waals surface area (Å²) < 4.78 is 13.6. The summed E-state index contributed by atoms with van der Waals surface area (Å²) in [4.78, 5) is 0. The molecule has 0 aliphatic heterocycles. The van der Waals surface area contributed by atoms with E-state index in [2.05, 4.69) is 15.9 Å². The molecule has 1 atom stereocenters. The zero-order valence-electron chi connectivity index (χ0n) is 7.17. The summed E-state index contributed by atoms with van der Waals surface area (Å²) in [7, 11) is 0. The molecule has 0 radical (unpaired) electrons. The Morgan fingerprint density at radius 2 is 2.23 bits per heavy atom. The molecule has 0 heterocycles. The Morgan fingerprint density at radius 3 is 2.85 bits per heavy atom. The van der Waals surface area contributed by atoms with E-state index in [1.54, 1.807) is 25.1 Å². The molecule has 0 bridgehead atoms. The largest absolute Gasteiger partial charge is 0.389 e. The molecule has 1 rings (SSSR count). The van der Waals surface area contributed by atoms with Crippen molar-refractivity contribution in [1.29, 1.82) is 0 Å². The third-order valence-electron chi connectivity index (χ3n) is 1.51. The average Bonchev–Trinajstić information content (AvgIpc) is 2.06. The molecule has 0 amide bonds. The molecule has 3 heteroatoms. The SMILES string of the molecule is CC(O)/C=C/c1cc(F)ccc1Br. The van der Waals surface area contributed by atoms with Gasteiger partial charge in [0.25, 0.3) is 0 Å². The number of benzene rings is 1. The maximum Gasteiger partial charge on any atom is 0.123 e. The minimum atomic E-state index is -0.518. The van der Waals surface area contributed by atoms with E-state index in [-0.39, 0.29) is 5.82 Å². The van der Waals surface area contributed by atoms with Gasteiger partial charge in [-0.15, -0.1) is 0 Å². The number of hydrogen-bond acceptors (Lipinski definition) is 1. The second-order valence-corrected chi connectivity index (χ2v) is 3.62. The lowest BCUT2D eigenvalue weighted by atomic mass is 10.2. The van der Waals surface area contributed by atoms with Crippen LogP contribution in [0, 0.1) is 5.82 Å². The number of halogens is 2. The maximum atomic E-state index is 12.8. The summed E-state index contributed by atoms with van der Waals surface area (Å²) in [6.07, 6.45) is 2.76. The molecule has 0 aromatic heterocycles. The molecule has 1 nitrogen and oxygen atoms in total. The minimum absolute atomic E-state index is 0.284. The summed E-state index contributed by atoms with van der Waals surface area (Å²) in [6.45, 7) is 1.64. The predicted molar refractivity (Wildman–Crippen MR) is 54.8 cm³/mol. The molecule has 0 saturated heterocycles. The zero-order chi connectivity index (χ0) is 9.84. The highest BCUT2D eigenvalue weighted by molar-refractivity contribution is 9.10. The van der Waals surface area contributed by atoms with E-state index in [0.29, 0.717) is 0 Å². The van der Waals surface area contributed by atoms with Crippen LogP contribution < -0.4 is 0 Å². The van der Waals surface area contributed by atoms with Crippen molar-refractivity contribution in [3.05, 3.63) is 40.1 Å². The quantitative estimate of drug-likeness (QED) is 0.849. The Morgan fingerprint density at radius 1 is 1.54 bits per heavy atom. The Hall–Kier alpha value is -0.670. The zero-order valence-corrected chi connectivity index (χ0v) is 8.75. The van der Waals surface area contributed by atoms with Gasteiger partial charge in [0.05, 0.1) is 6.10 Å². The van der Waals surface area contributed by atoms with Gasteiger partial charge in [0.15, 0.2) is 0 Å². The molecule has 0 aliphatic rings. The third kappa shape index (κ3) is 3.28. The molecule has 1 aromatic rings. The van der Waals surface area contributed by atoms with Crippen molar-refractivity contribution in [3.8, 4) is 0 Å². The molecule has 0 spiro atoms. The van der Waals surface area contributed by atoms with Crippen molar-refractivity contribution in [1.82, 2.24) is 0 Å². The van der Waals surface area contributed by atoms with E-state index in [1.165, 1.54) is 12.1 Å². The van der Waals surface area contributed by atoms with E-state index in [0.717, 1.165) is 10.0 Å². The van der Waals surface area contributed by atoms with Crippen molar-refractivity contribution in [2.45, 2.75) is 13.0 Å². The molecule has 0 aliphatic carbocycles. The normalized spacial score (nSPS) is 13.5. The van der Waals surface area contributed by atoms with E-state index in [4.69, 9.17) is 5.11 Å². The third-order valence-corrected chi connectivity index (χ3v) is 2.23. The first-order valence-corrected chi connectivity index (χ1v) is 4.70. The standard InChI is InChI=1S/C10H10BrFO/c1-7(13)2-3-8-6-9(12)4-5-10(8)11/h2-7,13H,1H3/b3-2+. The van der Waals surface area contributed by atoms with Gasteiger partial charge in [0.1, 0.15) is 5.82 Å². The van der Waals surface area contributed by atoms with Gasteiger partial charge in [-0.1, -0.05) is 28.1 Å². The van der Waals surface area contributed by atoms with Crippen molar-refractivity contribution in [2.24, 2.45) is 0 Å². The fourth-order valence-corrected chi connectivity index (χ4v) is 1.26. The summed E-state index contributed by atoms with van der Waals surface area (Å²) in [5.41, 5.74) is 0.723. The maximum absolute atomic E-state index is 12.8. The van der Waals surface area contributed by atoms with Crippen LogP contribution in [0.4, 0.5) is 4.39 Å². The molecular weight excluding hydrogens is 235 g/mol. The molecule has 1 aromatic carbocycles. The monoisotopic (exact) mass is 244 g/mol. The Labute approximate surface area is 85.0 Å². The second kappa shape index (κ2) is 4.53. The Balaban J connectivity index is 2.93. The van der Waals surface area contributed by atoms with Crippen molar-refractivity contribution < 1.29 is 9.50 Å². The fourth-order valence-electron chi connectivity index (χ4n) is 0.885. The molecular formula is C10H10BrFO. The van der Waals surface area contributed by atoms with Gasteiger partial charge in [0.2, 0.25) is 0 Å². The van der Waals surface area contributed by atoms with E-state index in [1.807, 2.05) is 0 Å². The van der Waals surface area contributed by atoms with Crippen LogP contribution in [-0.2, 0) is 0 Å². The lowest BCUT2D eigenvalue weighted by Gasteiger charge is -1.99. The average molecular weight is 245 g/mol. The molecule has 0 fully saturated rings. The highest BCUT2D eigenvalue weighted by Gasteiger charge is 1.97. The molecule has 1 unspecified atom stereocenters.